The van der Waals surface area contributed by atoms with E-state index in [1.165, 1.54) is 22.4 Å². The molecule has 70 valence electrons. The molecule has 0 aromatic carbocycles. The Bertz CT molecular complexity index is 299. The van der Waals surface area contributed by atoms with Crippen LogP contribution in [-0.2, 0) is 17.9 Å². The van der Waals surface area contributed by atoms with E-state index in [0.29, 0.717) is 0 Å². The summed E-state index contributed by atoms with van der Waals surface area (Å²) < 4.78 is 0. The molecule has 0 amide bonds. The van der Waals surface area contributed by atoms with Crippen LogP contribution < -0.4 is 5.32 Å². The minimum absolute atomic E-state index is 1.04. The molecule has 0 saturated heterocycles. The fraction of sp³-hybridized carbons (Fsp3) is 0.500. The van der Waals surface area contributed by atoms with Crippen LogP contribution in [0.25, 0.3) is 0 Å². The number of nitrogens with zero attached hydrogens (tertiary/aromatic N) is 1. The third kappa shape index (κ3) is 1.86. The molecule has 0 radical (unpaired) electrons. The summed E-state index contributed by atoms with van der Waals surface area (Å²) in [7, 11) is 1.99. The van der Waals surface area contributed by atoms with Crippen molar-refractivity contribution in [2.75, 3.05) is 13.6 Å². The maximum absolute atomic E-state index is 4.27. The van der Waals surface area contributed by atoms with Crippen LogP contribution in [0.15, 0.2) is 12.4 Å². The van der Waals surface area contributed by atoms with Gasteiger partial charge in [0, 0.05) is 23.9 Å². The molecule has 2 heterocycles. The number of aromatic nitrogens is 1. The molecular weight excluding hydrogens is 180 g/mol. The predicted molar refractivity (Wildman–Crippen MR) is 56.9 cm³/mol. The molecule has 0 unspecified atom stereocenters. The molecule has 0 spiro atoms. The Hall–Kier alpha value is -0.540. The van der Waals surface area contributed by atoms with Gasteiger partial charge in [0.1, 0.15) is 0 Å². The minimum atomic E-state index is 1.04. The van der Waals surface area contributed by atoms with Crippen molar-refractivity contribution in [3.05, 3.63) is 29.1 Å². The first kappa shape index (κ1) is 9.03. The standard InChI is InChI=1S/C10H14N2S/c1-11-3-2-8-4-12-5-9-6-13-7-10(8)9/h4-5,11H,2-3,6-7H2,1H3. The maximum atomic E-state index is 4.27. The molecule has 0 saturated carbocycles. The highest BCUT2D eigenvalue weighted by Gasteiger charge is 2.14. The molecule has 1 aromatic rings. The van der Waals surface area contributed by atoms with Gasteiger partial charge in [-0.05, 0) is 36.7 Å². The molecule has 2 nitrogen and oxygen atoms in total. The fourth-order valence-electron chi connectivity index (χ4n) is 1.63. The third-order valence-electron chi connectivity index (χ3n) is 2.38. The number of fused-ring (bicyclic) bond motifs is 1. The largest absolute Gasteiger partial charge is 0.319 e. The van der Waals surface area contributed by atoms with Gasteiger partial charge in [0.25, 0.3) is 0 Å². The first-order chi connectivity index (χ1) is 6.42. The van der Waals surface area contributed by atoms with Gasteiger partial charge in [-0.25, -0.2) is 0 Å². The predicted octanol–water partition coefficient (Wildman–Crippen LogP) is 1.59. The van der Waals surface area contributed by atoms with E-state index in [9.17, 15) is 0 Å². The summed E-state index contributed by atoms with van der Waals surface area (Å²) in [5.74, 6) is 2.33. The molecule has 2 rings (SSSR count). The lowest BCUT2D eigenvalue weighted by Crippen LogP contribution is -2.11. The van der Waals surface area contributed by atoms with Crippen LogP contribution in [0.5, 0.6) is 0 Å². The van der Waals surface area contributed by atoms with Crippen molar-refractivity contribution in [1.29, 1.82) is 0 Å². The molecule has 1 aliphatic heterocycles. The van der Waals surface area contributed by atoms with Crippen molar-refractivity contribution in [1.82, 2.24) is 10.3 Å². The Morgan fingerprint density at radius 3 is 3.23 bits per heavy atom. The van der Waals surface area contributed by atoms with E-state index in [4.69, 9.17) is 0 Å². The maximum Gasteiger partial charge on any atom is 0.0311 e. The lowest BCUT2D eigenvalue weighted by atomic mass is 10.1. The Morgan fingerprint density at radius 1 is 1.46 bits per heavy atom. The van der Waals surface area contributed by atoms with Crippen LogP contribution in [-0.4, -0.2) is 18.6 Å². The van der Waals surface area contributed by atoms with Crippen molar-refractivity contribution in [3.8, 4) is 0 Å². The van der Waals surface area contributed by atoms with Crippen molar-refractivity contribution in [2.45, 2.75) is 17.9 Å². The van der Waals surface area contributed by atoms with Crippen LogP contribution in [0.3, 0.4) is 0 Å². The second kappa shape index (κ2) is 4.11. The van der Waals surface area contributed by atoms with E-state index in [0.717, 1.165) is 18.7 Å². The van der Waals surface area contributed by atoms with Crippen LogP contribution in [0.4, 0.5) is 0 Å². The Balaban J connectivity index is 2.20. The van der Waals surface area contributed by atoms with E-state index in [-0.39, 0.29) is 0 Å². The number of rotatable bonds is 3. The number of hydrogen-bond donors (Lipinski definition) is 1. The summed E-state index contributed by atoms with van der Waals surface area (Å²) in [5.41, 5.74) is 4.41. The van der Waals surface area contributed by atoms with E-state index >= 15 is 0 Å². The van der Waals surface area contributed by atoms with E-state index < -0.39 is 0 Å². The van der Waals surface area contributed by atoms with Gasteiger partial charge in [-0.2, -0.15) is 11.8 Å². The number of nitrogens with one attached hydrogen (secondary N) is 1. The average molecular weight is 194 g/mol. The minimum Gasteiger partial charge on any atom is -0.319 e. The van der Waals surface area contributed by atoms with Gasteiger partial charge in [-0.15, -0.1) is 0 Å². The summed E-state index contributed by atoms with van der Waals surface area (Å²) in [4.78, 5) is 4.27. The number of hydrogen-bond acceptors (Lipinski definition) is 3. The van der Waals surface area contributed by atoms with E-state index in [1.54, 1.807) is 0 Å². The molecule has 0 atom stereocenters. The van der Waals surface area contributed by atoms with Gasteiger partial charge >= 0.3 is 0 Å². The van der Waals surface area contributed by atoms with Crippen LogP contribution >= 0.6 is 11.8 Å². The van der Waals surface area contributed by atoms with Gasteiger partial charge in [-0.3, -0.25) is 4.98 Å². The number of likely N-dealkylation sites (N-methyl/N-ethyl adjacent to an activating group) is 1. The Morgan fingerprint density at radius 2 is 2.38 bits per heavy atom. The highest BCUT2D eigenvalue weighted by molar-refractivity contribution is 7.98. The molecule has 0 bridgehead atoms. The van der Waals surface area contributed by atoms with Gasteiger partial charge < -0.3 is 5.32 Å². The van der Waals surface area contributed by atoms with Crippen LogP contribution in [0.1, 0.15) is 16.7 Å². The molecule has 1 aliphatic rings. The molecular formula is C10H14N2S. The van der Waals surface area contributed by atoms with Crippen molar-refractivity contribution in [2.24, 2.45) is 0 Å². The van der Waals surface area contributed by atoms with E-state index in [2.05, 4.69) is 10.3 Å². The SMILES string of the molecule is CNCCc1cncc2c1CSC2. The lowest BCUT2D eigenvalue weighted by molar-refractivity contribution is 0.785. The highest BCUT2D eigenvalue weighted by Crippen LogP contribution is 2.31. The van der Waals surface area contributed by atoms with Gasteiger partial charge in [0.2, 0.25) is 0 Å². The van der Waals surface area contributed by atoms with Crippen molar-refractivity contribution in [3.63, 3.8) is 0 Å². The fourth-order valence-corrected chi connectivity index (χ4v) is 2.77. The Labute approximate surface area is 83.1 Å². The monoisotopic (exact) mass is 194 g/mol. The summed E-state index contributed by atoms with van der Waals surface area (Å²) in [6.45, 7) is 1.04. The summed E-state index contributed by atoms with van der Waals surface area (Å²) >= 11 is 1.99. The first-order valence-corrected chi connectivity index (χ1v) is 5.74. The smallest absolute Gasteiger partial charge is 0.0311 e. The van der Waals surface area contributed by atoms with Crippen LogP contribution in [0, 0.1) is 0 Å². The first-order valence-electron chi connectivity index (χ1n) is 4.59. The molecule has 1 aromatic heterocycles. The zero-order valence-corrected chi connectivity index (χ0v) is 8.66. The third-order valence-corrected chi connectivity index (χ3v) is 3.39. The molecule has 0 fully saturated rings. The zero-order valence-electron chi connectivity index (χ0n) is 7.84. The van der Waals surface area contributed by atoms with E-state index in [1.807, 2.05) is 31.2 Å². The Kier molecular flexibility index (Phi) is 2.86. The van der Waals surface area contributed by atoms with Crippen LogP contribution in [0.2, 0.25) is 0 Å². The number of pyridine rings is 1. The molecule has 1 N–H and O–H groups in total. The summed E-state index contributed by atoms with van der Waals surface area (Å²) in [6.07, 6.45) is 5.13. The molecule has 13 heavy (non-hydrogen) atoms. The lowest BCUT2D eigenvalue weighted by Gasteiger charge is -2.05. The van der Waals surface area contributed by atoms with Gasteiger partial charge in [0.15, 0.2) is 0 Å². The molecule has 3 heteroatoms. The second-order valence-corrected chi connectivity index (χ2v) is 4.27. The quantitative estimate of drug-likeness (QED) is 0.791. The molecule has 0 aliphatic carbocycles. The van der Waals surface area contributed by atoms with Crippen molar-refractivity contribution < 1.29 is 0 Å². The van der Waals surface area contributed by atoms with Gasteiger partial charge in [0.05, 0.1) is 0 Å². The number of thioether (sulfide) groups is 1. The summed E-state index contributed by atoms with van der Waals surface area (Å²) in [5, 5.41) is 3.17. The normalized spacial score (nSPS) is 14.5. The topological polar surface area (TPSA) is 24.9 Å². The van der Waals surface area contributed by atoms with Gasteiger partial charge in [-0.1, -0.05) is 0 Å². The van der Waals surface area contributed by atoms with Crippen molar-refractivity contribution >= 4 is 11.8 Å². The average Bonchev–Trinajstić information content (AvgIpc) is 2.62. The highest BCUT2D eigenvalue weighted by atomic mass is 32.2. The zero-order chi connectivity index (χ0) is 9.10. The summed E-state index contributed by atoms with van der Waals surface area (Å²) in [6, 6.07) is 0. The second-order valence-electron chi connectivity index (χ2n) is 3.28.